The fourth-order valence-electron chi connectivity index (χ4n) is 2.95. The number of hydrogen-bond donors (Lipinski definition) is 0. The van der Waals surface area contributed by atoms with Crippen LogP contribution in [-0.4, -0.2) is 43.4 Å². The third-order valence-corrected chi connectivity index (χ3v) is 4.06. The van der Waals surface area contributed by atoms with Gasteiger partial charge < -0.3 is 14.4 Å². The minimum absolute atomic E-state index is 0.00978. The summed E-state index contributed by atoms with van der Waals surface area (Å²) in [5.41, 5.74) is 1.93. The smallest absolute Gasteiger partial charge is 0.311 e. The molecule has 0 saturated carbocycles. The van der Waals surface area contributed by atoms with Gasteiger partial charge in [0.25, 0.3) is 0 Å². The van der Waals surface area contributed by atoms with Gasteiger partial charge in [0.15, 0.2) is 0 Å². The Labute approximate surface area is 122 Å². The van der Waals surface area contributed by atoms with E-state index in [9.17, 15) is 4.79 Å². The minimum atomic E-state index is -0.226. The molecule has 1 aromatic heterocycles. The fraction of sp³-hybridized carbons (Fsp3) is 0.571. The number of nitrogens with zero attached hydrogens (tertiary/aromatic N) is 2. The van der Waals surface area contributed by atoms with Gasteiger partial charge in [-0.1, -0.05) is 11.6 Å². The fourth-order valence-corrected chi connectivity index (χ4v) is 3.10. The molecule has 5 nitrogen and oxygen atoms in total. The van der Waals surface area contributed by atoms with Crippen LogP contribution >= 0.6 is 11.6 Å². The highest BCUT2D eigenvalue weighted by molar-refractivity contribution is 6.30. The number of carbonyl (C=O) groups is 1. The summed E-state index contributed by atoms with van der Waals surface area (Å²) in [7, 11) is 0. The van der Waals surface area contributed by atoms with Crippen molar-refractivity contribution in [2.75, 3.05) is 31.3 Å². The lowest BCUT2D eigenvalue weighted by Gasteiger charge is -2.44. The standard InChI is InChI=1S/C14H17ClN2O3/c1-2-20-14(18)10-6-11-12(5-9(15)7-16-11)17-3-4-19-8-13(10)17/h5,7,10,13H,2-4,6,8H2,1H3. The van der Waals surface area contributed by atoms with E-state index >= 15 is 0 Å². The minimum Gasteiger partial charge on any atom is -0.466 e. The molecule has 2 atom stereocenters. The summed E-state index contributed by atoms with van der Waals surface area (Å²) in [5, 5.41) is 0.614. The first-order valence-electron chi connectivity index (χ1n) is 6.86. The van der Waals surface area contributed by atoms with Gasteiger partial charge >= 0.3 is 5.97 Å². The van der Waals surface area contributed by atoms with Gasteiger partial charge in [-0.2, -0.15) is 0 Å². The summed E-state index contributed by atoms with van der Waals surface area (Å²) < 4.78 is 10.7. The van der Waals surface area contributed by atoms with Gasteiger partial charge in [-0.3, -0.25) is 9.78 Å². The Kier molecular flexibility index (Phi) is 3.81. The molecule has 1 saturated heterocycles. The number of esters is 1. The Morgan fingerprint density at radius 2 is 2.50 bits per heavy atom. The molecular formula is C14H17ClN2O3. The van der Waals surface area contributed by atoms with Crippen molar-refractivity contribution < 1.29 is 14.3 Å². The summed E-state index contributed by atoms with van der Waals surface area (Å²) in [5.74, 6) is -0.396. The third kappa shape index (κ3) is 2.36. The lowest BCUT2D eigenvalue weighted by molar-refractivity contribution is -0.150. The number of fused-ring (bicyclic) bond motifs is 3. The molecule has 2 aliphatic rings. The van der Waals surface area contributed by atoms with Gasteiger partial charge in [0.2, 0.25) is 0 Å². The van der Waals surface area contributed by atoms with Crippen molar-refractivity contribution in [3.8, 4) is 0 Å². The molecule has 0 amide bonds. The van der Waals surface area contributed by atoms with Crippen LogP contribution in [-0.2, 0) is 20.7 Å². The molecule has 3 rings (SSSR count). The Hall–Kier alpha value is -1.33. The van der Waals surface area contributed by atoms with Crippen molar-refractivity contribution in [2.45, 2.75) is 19.4 Å². The average molecular weight is 297 g/mol. The van der Waals surface area contributed by atoms with E-state index in [4.69, 9.17) is 21.1 Å². The Morgan fingerprint density at radius 3 is 3.30 bits per heavy atom. The third-order valence-electron chi connectivity index (χ3n) is 3.86. The number of aromatic nitrogens is 1. The summed E-state index contributed by atoms with van der Waals surface area (Å²) >= 11 is 6.04. The molecule has 3 heterocycles. The van der Waals surface area contributed by atoms with Gasteiger partial charge in [0.1, 0.15) is 0 Å². The van der Waals surface area contributed by atoms with E-state index in [2.05, 4.69) is 9.88 Å². The number of carbonyl (C=O) groups excluding carboxylic acids is 1. The molecule has 0 aliphatic carbocycles. The predicted octanol–water partition coefficient (Wildman–Crippen LogP) is 1.68. The van der Waals surface area contributed by atoms with Crippen LogP contribution in [0.25, 0.3) is 0 Å². The summed E-state index contributed by atoms with van der Waals surface area (Å²) in [4.78, 5) is 18.7. The first-order valence-corrected chi connectivity index (χ1v) is 7.24. The maximum Gasteiger partial charge on any atom is 0.311 e. The molecule has 1 fully saturated rings. The number of anilines is 1. The topological polar surface area (TPSA) is 51.7 Å². The normalized spacial score (nSPS) is 24.8. The number of morpholine rings is 1. The van der Waals surface area contributed by atoms with Gasteiger partial charge in [-0.05, 0) is 13.0 Å². The van der Waals surface area contributed by atoms with Gasteiger partial charge in [0, 0.05) is 19.2 Å². The quantitative estimate of drug-likeness (QED) is 0.777. The number of pyridine rings is 1. The van der Waals surface area contributed by atoms with Crippen LogP contribution in [0.1, 0.15) is 12.6 Å². The van der Waals surface area contributed by atoms with E-state index in [0.717, 1.165) is 17.9 Å². The predicted molar refractivity (Wildman–Crippen MR) is 75.0 cm³/mol. The van der Waals surface area contributed by atoms with Crippen molar-refractivity contribution in [1.82, 2.24) is 4.98 Å². The summed E-state index contributed by atoms with van der Waals surface area (Å²) in [6, 6.07) is 1.93. The highest BCUT2D eigenvalue weighted by Gasteiger charge is 2.41. The van der Waals surface area contributed by atoms with E-state index in [1.807, 2.05) is 13.0 Å². The van der Waals surface area contributed by atoms with Crippen molar-refractivity contribution in [3.05, 3.63) is 23.0 Å². The summed E-state index contributed by atoms with van der Waals surface area (Å²) in [6.07, 6.45) is 2.21. The average Bonchev–Trinajstić information content (AvgIpc) is 2.47. The van der Waals surface area contributed by atoms with Gasteiger partial charge in [-0.15, -0.1) is 0 Å². The van der Waals surface area contributed by atoms with Crippen LogP contribution in [0.2, 0.25) is 5.02 Å². The largest absolute Gasteiger partial charge is 0.466 e. The summed E-state index contributed by atoms with van der Waals surface area (Å²) in [6.45, 7) is 4.15. The van der Waals surface area contributed by atoms with Crippen molar-refractivity contribution >= 4 is 23.3 Å². The molecule has 2 aliphatic heterocycles. The molecule has 6 heteroatoms. The molecule has 2 unspecified atom stereocenters. The maximum atomic E-state index is 12.2. The molecule has 0 spiro atoms. The number of halogens is 1. The molecule has 0 N–H and O–H groups in total. The second-order valence-electron chi connectivity index (χ2n) is 5.02. The van der Waals surface area contributed by atoms with Crippen LogP contribution in [0.4, 0.5) is 5.69 Å². The molecule has 1 aromatic rings. The van der Waals surface area contributed by atoms with E-state index in [1.54, 1.807) is 6.20 Å². The molecule has 20 heavy (non-hydrogen) atoms. The second kappa shape index (κ2) is 5.58. The Bertz CT molecular complexity index is 523. The zero-order chi connectivity index (χ0) is 14.1. The zero-order valence-electron chi connectivity index (χ0n) is 11.3. The van der Waals surface area contributed by atoms with E-state index in [0.29, 0.717) is 31.3 Å². The molecule has 0 aromatic carbocycles. The lowest BCUT2D eigenvalue weighted by Crippen LogP contribution is -2.55. The van der Waals surface area contributed by atoms with Crippen LogP contribution in [0, 0.1) is 5.92 Å². The molecule has 108 valence electrons. The van der Waals surface area contributed by atoms with Crippen molar-refractivity contribution in [3.63, 3.8) is 0 Å². The van der Waals surface area contributed by atoms with Crippen molar-refractivity contribution in [2.24, 2.45) is 5.92 Å². The van der Waals surface area contributed by atoms with Crippen molar-refractivity contribution in [1.29, 1.82) is 0 Å². The monoisotopic (exact) mass is 296 g/mol. The van der Waals surface area contributed by atoms with Crippen LogP contribution in [0.3, 0.4) is 0 Å². The molecule has 0 radical (unpaired) electrons. The SMILES string of the molecule is CCOC(=O)C1Cc2ncc(Cl)cc2N2CCOCC12. The van der Waals surface area contributed by atoms with E-state index in [1.165, 1.54) is 0 Å². The molecular weight excluding hydrogens is 280 g/mol. The van der Waals surface area contributed by atoms with Crippen LogP contribution < -0.4 is 4.90 Å². The van der Waals surface area contributed by atoms with Crippen LogP contribution in [0.5, 0.6) is 0 Å². The van der Waals surface area contributed by atoms with E-state index < -0.39 is 0 Å². The zero-order valence-corrected chi connectivity index (χ0v) is 12.1. The second-order valence-corrected chi connectivity index (χ2v) is 5.45. The number of rotatable bonds is 2. The number of ether oxygens (including phenoxy) is 2. The van der Waals surface area contributed by atoms with Gasteiger partial charge in [0.05, 0.1) is 48.2 Å². The van der Waals surface area contributed by atoms with Crippen LogP contribution in [0.15, 0.2) is 12.3 Å². The first-order chi connectivity index (χ1) is 9.70. The Balaban J connectivity index is 1.96. The van der Waals surface area contributed by atoms with E-state index in [-0.39, 0.29) is 17.9 Å². The molecule has 0 bridgehead atoms. The number of hydrogen-bond acceptors (Lipinski definition) is 5. The maximum absolute atomic E-state index is 12.2. The lowest BCUT2D eigenvalue weighted by atomic mass is 9.87. The van der Waals surface area contributed by atoms with Gasteiger partial charge in [-0.25, -0.2) is 0 Å². The Morgan fingerprint density at radius 1 is 1.65 bits per heavy atom. The first kappa shape index (κ1) is 13.6. The highest BCUT2D eigenvalue weighted by Crippen LogP contribution is 2.36. The highest BCUT2D eigenvalue weighted by atomic mass is 35.5.